The van der Waals surface area contributed by atoms with E-state index in [0.717, 1.165) is 10.9 Å². The Balaban J connectivity index is 1.77. The van der Waals surface area contributed by atoms with Gasteiger partial charge in [0.05, 0.1) is 17.1 Å². The molecule has 170 valence electrons. The molecule has 3 aromatic rings. The quantitative estimate of drug-likeness (QED) is 0.496. The summed E-state index contributed by atoms with van der Waals surface area (Å²) in [5.41, 5.74) is 1.53. The van der Waals surface area contributed by atoms with E-state index in [0.29, 0.717) is 18.8 Å². The highest BCUT2D eigenvalue weighted by molar-refractivity contribution is 7.92. The Hall–Kier alpha value is -3.33. The predicted molar refractivity (Wildman–Crippen MR) is 123 cm³/mol. The third kappa shape index (κ3) is 5.11. The van der Waals surface area contributed by atoms with Gasteiger partial charge in [0.15, 0.2) is 0 Å². The number of esters is 1. The normalized spacial score (nSPS) is 11.3. The van der Waals surface area contributed by atoms with E-state index in [1.54, 1.807) is 30.0 Å². The minimum absolute atomic E-state index is 0.0311. The van der Waals surface area contributed by atoms with Crippen LogP contribution in [0.3, 0.4) is 0 Å². The number of fused-ring (bicyclic) bond motifs is 1. The number of likely N-dealkylation sites (N-methyl/N-ethyl adjacent to an activating group) is 1. The molecule has 1 amide bonds. The number of nitrogens with one attached hydrogen (secondary N) is 1. The monoisotopic (exact) mass is 457 g/mol. The van der Waals surface area contributed by atoms with Crippen molar-refractivity contribution in [2.24, 2.45) is 0 Å². The summed E-state index contributed by atoms with van der Waals surface area (Å²) in [5, 5.41) is 0.815. The van der Waals surface area contributed by atoms with E-state index >= 15 is 0 Å². The number of sulfonamides is 1. The molecule has 1 aromatic heterocycles. The number of hydrogen-bond donors (Lipinski definition) is 1. The van der Waals surface area contributed by atoms with Gasteiger partial charge in [-0.2, -0.15) is 0 Å². The molecule has 0 saturated carbocycles. The number of carbonyl (C=O) groups excluding carboxylic acids is 2. The Morgan fingerprint density at radius 3 is 2.31 bits per heavy atom. The fraction of sp³-hybridized carbons (Fsp3) is 0.304. The third-order valence-corrected chi connectivity index (χ3v) is 6.52. The van der Waals surface area contributed by atoms with Gasteiger partial charge >= 0.3 is 5.97 Å². The van der Waals surface area contributed by atoms with Crippen molar-refractivity contribution in [3.8, 4) is 0 Å². The Kier molecular flexibility index (Phi) is 7.19. The number of anilines is 1. The molecule has 0 bridgehead atoms. The summed E-state index contributed by atoms with van der Waals surface area (Å²) < 4.78 is 34.8. The fourth-order valence-electron chi connectivity index (χ4n) is 3.42. The zero-order chi connectivity index (χ0) is 23.3. The zero-order valence-corrected chi connectivity index (χ0v) is 19.2. The van der Waals surface area contributed by atoms with E-state index in [-0.39, 0.29) is 29.5 Å². The summed E-state index contributed by atoms with van der Waals surface area (Å²) in [6.07, 6.45) is 1.82. The Bertz CT molecular complexity index is 1210. The minimum Gasteiger partial charge on any atom is -0.462 e. The summed E-state index contributed by atoms with van der Waals surface area (Å²) in [6, 6.07) is 12.6. The van der Waals surface area contributed by atoms with E-state index in [2.05, 4.69) is 4.72 Å². The number of carbonyl (C=O) groups is 2. The highest BCUT2D eigenvalue weighted by Gasteiger charge is 2.17. The van der Waals surface area contributed by atoms with Gasteiger partial charge in [-0.1, -0.05) is 0 Å². The smallest absolute Gasteiger partial charge is 0.338 e. The summed E-state index contributed by atoms with van der Waals surface area (Å²) >= 11 is 0. The largest absolute Gasteiger partial charge is 0.462 e. The molecule has 9 heteroatoms. The maximum absolute atomic E-state index is 12.8. The lowest BCUT2D eigenvalue weighted by Gasteiger charge is -2.19. The molecule has 0 fully saturated rings. The Labute approximate surface area is 187 Å². The molecule has 3 rings (SSSR count). The first kappa shape index (κ1) is 23.3. The number of amides is 1. The van der Waals surface area contributed by atoms with E-state index in [1.165, 1.54) is 24.3 Å². The average molecular weight is 458 g/mol. The maximum Gasteiger partial charge on any atom is 0.338 e. The number of aromatic nitrogens is 1. The zero-order valence-electron chi connectivity index (χ0n) is 18.4. The van der Waals surface area contributed by atoms with Crippen molar-refractivity contribution < 1.29 is 22.7 Å². The molecular weight excluding hydrogens is 430 g/mol. The standard InChI is InChI=1S/C23H27N3O5S/c1-4-25(5-2)22(27)16-26-14-13-18-15-19(9-12-21(18)26)24-32(29,30)20-10-7-17(8-11-20)23(28)31-6-3/h7-15,24H,4-6,16H2,1-3H3. The number of hydrogen-bond acceptors (Lipinski definition) is 5. The van der Waals surface area contributed by atoms with Crippen LogP contribution in [-0.4, -0.2) is 49.5 Å². The topological polar surface area (TPSA) is 97.7 Å². The van der Waals surface area contributed by atoms with Crippen LogP contribution in [0.4, 0.5) is 5.69 Å². The minimum atomic E-state index is -3.84. The van der Waals surface area contributed by atoms with Gasteiger partial charge in [0.1, 0.15) is 6.54 Å². The van der Waals surface area contributed by atoms with E-state index in [4.69, 9.17) is 4.74 Å². The van der Waals surface area contributed by atoms with E-state index in [9.17, 15) is 18.0 Å². The molecule has 1 heterocycles. The van der Waals surface area contributed by atoms with Crippen molar-refractivity contribution >= 4 is 38.5 Å². The first-order valence-corrected chi connectivity index (χ1v) is 11.9. The maximum atomic E-state index is 12.8. The van der Waals surface area contributed by atoms with Crippen molar-refractivity contribution in [1.82, 2.24) is 9.47 Å². The highest BCUT2D eigenvalue weighted by Crippen LogP contribution is 2.23. The Morgan fingerprint density at radius 2 is 1.69 bits per heavy atom. The number of nitrogens with zero attached hydrogens (tertiary/aromatic N) is 2. The molecule has 0 aliphatic heterocycles. The van der Waals surface area contributed by atoms with Gasteiger partial charge in [-0.25, -0.2) is 13.2 Å². The van der Waals surface area contributed by atoms with Gasteiger partial charge in [0, 0.05) is 35.9 Å². The van der Waals surface area contributed by atoms with Crippen LogP contribution in [0.15, 0.2) is 59.6 Å². The van der Waals surface area contributed by atoms with Crippen molar-refractivity contribution in [1.29, 1.82) is 0 Å². The molecule has 0 spiro atoms. The van der Waals surface area contributed by atoms with Gasteiger partial charge in [0.2, 0.25) is 5.91 Å². The fourth-order valence-corrected chi connectivity index (χ4v) is 4.47. The van der Waals surface area contributed by atoms with Crippen LogP contribution < -0.4 is 4.72 Å². The first-order valence-electron chi connectivity index (χ1n) is 10.5. The molecule has 2 aromatic carbocycles. The summed E-state index contributed by atoms with van der Waals surface area (Å²) in [7, 11) is -3.84. The molecule has 0 aliphatic rings. The highest BCUT2D eigenvalue weighted by atomic mass is 32.2. The van der Waals surface area contributed by atoms with Crippen molar-refractivity contribution in [2.45, 2.75) is 32.2 Å². The molecule has 0 atom stereocenters. The number of rotatable bonds is 9. The van der Waals surface area contributed by atoms with Gasteiger partial charge in [-0.05, 0) is 69.3 Å². The number of ether oxygens (including phenoxy) is 1. The van der Waals surface area contributed by atoms with Crippen LogP contribution >= 0.6 is 0 Å². The Morgan fingerprint density at radius 1 is 1.00 bits per heavy atom. The van der Waals surface area contributed by atoms with E-state index < -0.39 is 16.0 Å². The second kappa shape index (κ2) is 9.86. The van der Waals surface area contributed by atoms with Crippen LogP contribution in [-0.2, 0) is 26.1 Å². The third-order valence-electron chi connectivity index (χ3n) is 5.12. The SMILES string of the molecule is CCOC(=O)c1ccc(S(=O)(=O)Nc2ccc3c(ccn3CC(=O)N(CC)CC)c2)cc1. The van der Waals surface area contributed by atoms with Crippen LogP contribution in [0, 0.1) is 0 Å². The lowest BCUT2D eigenvalue weighted by atomic mass is 10.2. The molecule has 32 heavy (non-hydrogen) atoms. The van der Waals surface area contributed by atoms with Gasteiger partial charge in [-0.15, -0.1) is 0 Å². The first-order chi connectivity index (χ1) is 15.3. The van der Waals surface area contributed by atoms with E-state index in [1.807, 2.05) is 30.7 Å². The molecule has 0 aliphatic carbocycles. The van der Waals surface area contributed by atoms with Gasteiger partial charge in [0.25, 0.3) is 10.0 Å². The summed E-state index contributed by atoms with van der Waals surface area (Å²) in [4.78, 5) is 26.0. The van der Waals surface area contributed by atoms with Crippen LogP contribution in [0.1, 0.15) is 31.1 Å². The van der Waals surface area contributed by atoms with Crippen molar-refractivity contribution in [3.05, 3.63) is 60.3 Å². The summed E-state index contributed by atoms with van der Waals surface area (Å²) in [5.74, 6) is -0.470. The van der Waals surface area contributed by atoms with Crippen molar-refractivity contribution in [2.75, 3.05) is 24.4 Å². The average Bonchev–Trinajstić information content (AvgIpc) is 3.16. The van der Waals surface area contributed by atoms with Crippen LogP contribution in [0.25, 0.3) is 10.9 Å². The van der Waals surface area contributed by atoms with Gasteiger partial charge in [-0.3, -0.25) is 9.52 Å². The van der Waals surface area contributed by atoms with Crippen LogP contribution in [0.5, 0.6) is 0 Å². The van der Waals surface area contributed by atoms with Gasteiger partial charge < -0.3 is 14.2 Å². The molecule has 1 N–H and O–H groups in total. The number of benzene rings is 2. The molecule has 8 nitrogen and oxygen atoms in total. The molecule has 0 saturated heterocycles. The lowest BCUT2D eigenvalue weighted by Crippen LogP contribution is -2.33. The van der Waals surface area contributed by atoms with Crippen molar-refractivity contribution in [3.63, 3.8) is 0 Å². The lowest BCUT2D eigenvalue weighted by molar-refractivity contribution is -0.131. The second-order valence-electron chi connectivity index (χ2n) is 7.13. The molecule has 0 unspecified atom stereocenters. The van der Waals surface area contributed by atoms with Crippen LogP contribution in [0.2, 0.25) is 0 Å². The predicted octanol–water partition coefficient (Wildman–Crippen LogP) is 3.49. The summed E-state index contributed by atoms with van der Waals surface area (Å²) in [6.45, 7) is 7.37. The molecular formula is C23H27N3O5S. The second-order valence-corrected chi connectivity index (χ2v) is 8.82. The molecule has 0 radical (unpaired) electrons.